The molecule has 0 heterocycles. The van der Waals surface area contributed by atoms with Gasteiger partial charge in [0.05, 0.1) is 6.54 Å². The van der Waals surface area contributed by atoms with Crippen molar-refractivity contribution in [1.29, 1.82) is 0 Å². The second kappa shape index (κ2) is 5.00. The number of hydrogen-bond acceptors (Lipinski definition) is 4. The second-order valence-corrected chi connectivity index (χ2v) is 5.78. The van der Waals surface area contributed by atoms with Crippen molar-refractivity contribution in [2.75, 3.05) is 20.8 Å². The van der Waals surface area contributed by atoms with Crippen LogP contribution in [0.25, 0.3) is 0 Å². The Morgan fingerprint density at radius 1 is 1.58 bits per heavy atom. The van der Waals surface area contributed by atoms with Gasteiger partial charge in [0, 0.05) is 14.2 Å². The lowest BCUT2D eigenvalue weighted by atomic mass is 10.6. The molecule has 0 rings (SSSR count). The number of isocyanates is 1. The minimum atomic E-state index is -2.31. The molecule has 0 N–H and O–H groups in total. The van der Waals surface area contributed by atoms with Gasteiger partial charge < -0.3 is 8.85 Å². The van der Waals surface area contributed by atoms with Gasteiger partial charge >= 0.3 is 8.56 Å². The quantitative estimate of drug-likeness (QED) is 0.363. The van der Waals surface area contributed by atoms with Crippen LogP contribution in [0, 0.1) is 0 Å². The average Bonchev–Trinajstić information content (AvgIpc) is 2.12. The van der Waals surface area contributed by atoms with Gasteiger partial charge in [-0.3, -0.25) is 0 Å². The first kappa shape index (κ1) is 11.3. The predicted octanol–water partition coefficient (Wildman–Crippen LogP) is 0.782. The van der Waals surface area contributed by atoms with E-state index in [2.05, 4.69) is 11.6 Å². The second-order valence-electron chi connectivity index (χ2n) is 2.37. The predicted molar refractivity (Wildman–Crippen MR) is 47.8 cm³/mol. The molecule has 4 nitrogen and oxygen atoms in total. The van der Waals surface area contributed by atoms with Crippen LogP contribution in [-0.4, -0.2) is 35.4 Å². The van der Waals surface area contributed by atoms with E-state index in [4.69, 9.17) is 8.85 Å². The highest BCUT2D eigenvalue weighted by atomic mass is 28.4. The van der Waals surface area contributed by atoms with Gasteiger partial charge in [0.1, 0.15) is 0 Å². The minimum Gasteiger partial charge on any atom is -0.395 e. The summed E-state index contributed by atoms with van der Waals surface area (Å²) >= 11 is 0. The summed E-state index contributed by atoms with van der Waals surface area (Å²) in [6.45, 7) is 5.82. The van der Waals surface area contributed by atoms with Gasteiger partial charge in [0.2, 0.25) is 6.08 Å². The van der Waals surface area contributed by atoms with Gasteiger partial charge in [0.15, 0.2) is 0 Å². The Bertz CT molecular complexity index is 207. The van der Waals surface area contributed by atoms with Crippen LogP contribution in [0.1, 0.15) is 0 Å². The molecule has 0 aliphatic heterocycles. The summed E-state index contributed by atoms with van der Waals surface area (Å²) in [5.41, 5.74) is 0. The highest BCUT2D eigenvalue weighted by Gasteiger charge is 2.32. The lowest BCUT2D eigenvalue weighted by Gasteiger charge is -2.23. The molecule has 0 radical (unpaired) electrons. The molecule has 0 atom stereocenters. The smallest absolute Gasteiger partial charge is 0.365 e. The Morgan fingerprint density at radius 3 is 2.42 bits per heavy atom. The van der Waals surface area contributed by atoms with Crippen molar-refractivity contribution >= 4 is 14.6 Å². The van der Waals surface area contributed by atoms with Crippen molar-refractivity contribution in [1.82, 2.24) is 0 Å². The van der Waals surface area contributed by atoms with E-state index in [9.17, 15) is 4.79 Å². The fraction of sp³-hybridized carbons (Fsp3) is 0.571. The topological polar surface area (TPSA) is 47.9 Å². The van der Waals surface area contributed by atoms with Gasteiger partial charge in [0.25, 0.3) is 0 Å². The van der Waals surface area contributed by atoms with Crippen molar-refractivity contribution in [2.24, 2.45) is 4.99 Å². The maximum absolute atomic E-state index is 9.81. The number of hydrogen-bond donors (Lipinski definition) is 0. The Hall–Kier alpha value is -0.743. The molecule has 0 aromatic rings. The lowest BCUT2D eigenvalue weighted by molar-refractivity contribution is 0.259. The SMILES string of the molecule is C=C(CN=C=O)[Si](C)(OC)OC. The molecule has 0 bridgehead atoms. The summed E-state index contributed by atoms with van der Waals surface area (Å²) in [6.07, 6.45) is 1.44. The van der Waals surface area contributed by atoms with Crippen LogP contribution >= 0.6 is 0 Å². The largest absolute Gasteiger partial charge is 0.395 e. The van der Waals surface area contributed by atoms with E-state index in [1.165, 1.54) is 6.08 Å². The lowest BCUT2D eigenvalue weighted by Crippen LogP contribution is -2.39. The highest BCUT2D eigenvalue weighted by molar-refractivity contribution is 6.73. The van der Waals surface area contributed by atoms with Crippen molar-refractivity contribution in [3.05, 3.63) is 11.8 Å². The van der Waals surface area contributed by atoms with Crippen molar-refractivity contribution in [3.8, 4) is 0 Å². The van der Waals surface area contributed by atoms with Gasteiger partial charge in [-0.1, -0.05) is 6.58 Å². The van der Waals surface area contributed by atoms with Crippen molar-refractivity contribution in [3.63, 3.8) is 0 Å². The Kier molecular flexibility index (Phi) is 4.69. The average molecular weight is 187 g/mol. The van der Waals surface area contributed by atoms with Crippen LogP contribution in [-0.2, 0) is 13.6 Å². The summed E-state index contributed by atoms with van der Waals surface area (Å²) in [5, 5.41) is 0.718. The third-order valence-corrected chi connectivity index (χ3v) is 4.76. The molecular formula is C7H13NO3Si. The number of carbonyl (C=O) groups excluding carboxylic acids is 1. The molecule has 0 spiro atoms. The Morgan fingerprint density at radius 2 is 2.08 bits per heavy atom. The molecular weight excluding hydrogens is 174 g/mol. The molecule has 5 heteroatoms. The van der Waals surface area contributed by atoms with E-state index in [1.807, 2.05) is 6.55 Å². The van der Waals surface area contributed by atoms with E-state index in [-0.39, 0.29) is 6.54 Å². The van der Waals surface area contributed by atoms with E-state index in [1.54, 1.807) is 14.2 Å². The first-order chi connectivity index (χ1) is 5.60. The van der Waals surface area contributed by atoms with Crippen molar-refractivity contribution < 1.29 is 13.6 Å². The van der Waals surface area contributed by atoms with Crippen LogP contribution in [0.2, 0.25) is 6.55 Å². The van der Waals surface area contributed by atoms with Gasteiger partial charge in [-0.2, -0.15) is 0 Å². The monoisotopic (exact) mass is 187 g/mol. The number of aliphatic imine (C=N–C) groups is 1. The molecule has 0 saturated heterocycles. The van der Waals surface area contributed by atoms with Gasteiger partial charge in [-0.05, 0) is 11.7 Å². The summed E-state index contributed by atoms with van der Waals surface area (Å²) < 4.78 is 10.3. The first-order valence-corrected chi connectivity index (χ1v) is 5.74. The molecule has 68 valence electrons. The zero-order valence-corrected chi connectivity index (χ0v) is 8.59. The molecule has 0 fully saturated rings. The Labute approximate surface area is 73.2 Å². The molecule has 0 unspecified atom stereocenters. The van der Waals surface area contributed by atoms with E-state index >= 15 is 0 Å². The standard InChI is InChI=1S/C7H13NO3Si/c1-7(5-8-6-9)12(4,10-2)11-3/h1,5H2,2-4H3. The van der Waals surface area contributed by atoms with Crippen LogP contribution in [0.3, 0.4) is 0 Å². The molecule has 0 aromatic heterocycles. The van der Waals surface area contributed by atoms with Gasteiger partial charge in [-0.15, -0.1) is 0 Å². The Balaban J connectivity index is 4.31. The normalized spacial score (nSPS) is 10.6. The zero-order valence-electron chi connectivity index (χ0n) is 7.59. The van der Waals surface area contributed by atoms with Crippen LogP contribution in [0.15, 0.2) is 16.8 Å². The molecule has 0 aromatic carbocycles. The maximum Gasteiger partial charge on any atom is 0.365 e. The van der Waals surface area contributed by atoms with Crippen molar-refractivity contribution in [2.45, 2.75) is 6.55 Å². The zero-order chi connectivity index (χ0) is 9.61. The van der Waals surface area contributed by atoms with Gasteiger partial charge in [-0.25, -0.2) is 9.79 Å². The van der Waals surface area contributed by atoms with E-state index in [0.29, 0.717) is 0 Å². The molecule has 12 heavy (non-hydrogen) atoms. The highest BCUT2D eigenvalue weighted by Crippen LogP contribution is 2.14. The van der Waals surface area contributed by atoms with E-state index in [0.717, 1.165) is 5.20 Å². The van der Waals surface area contributed by atoms with E-state index < -0.39 is 8.56 Å². The number of nitrogens with zero attached hydrogens (tertiary/aromatic N) is 1. The summed E-state index contributed by atoms with van der Waals surface area (Å²) in [7, 11) is 0.817. The third-order valence-electron chi connectivity index (χ3n) is 1.76. The van der Waals surface area contributed by atoms with Crippen LogP contribution in [0.4, 0.5) is 0 Å². The fourth-order valence-electron chi connectivity index (χ4n) is 0.643. The summed E-state index contributed by atoms with van der Waals surface area (Å²) in [6, 6.07) is 0. The molecule has 0 aliphatic carbocycles. The van der Waals surface area contributed by atoms with Crippen LogP contribution < -0.4 is 0 Å². The fourth-order valence-corrected chi connectivity index (χ4v) is 1.75. The first-order valence-electron chi connectivity index (χ1n) is 3.43. The molecule has 0 aliphatic rings. The number of rotatable bonds is 5. The summed E-state index contributed by atoms with van der Waals surface area (Å²) in [4.78, 5) is 13.2. The third kappa shape index (κ3) is 2.71. The minimum absolute atomic E-state index is 0.230. The summed E-state index contributed by atoms with van der Waals surface area (Å²) in [5.74, 6) is 0. The molecule has 0 amide bonds. The maximum atomic E-state index is 9.81. The van der Waals surface area contributed by atoms with Crippen LogP contribution in [0.5, 0.6) is 0 Å². The molecule has 0 saturated carbocycles.